The third kappa shape index (κ3) is 4.25. The first-order valence-corrected chi connectivity index (χ1v) is 7.52. The van der Waals surface area contributed by atoms with E-state index in [1.54, 1.807) is 4.90 Å². The van der Waals surface area contributed by atoms with Crippen molar-refractivity contribution in [3.05, 3.63) is 35.4 Å². The van der Waals surface area contributed by atoms with Gasteiger partial charge < -0.3 is 15.0 Å². The van der Waals surface area contributed by atoms with E-state index in [2.05, 4.69) is 5.32 Å². The molecular weight excluding hydrogens is 306 g/mol. The number of carbonyl (C=O) groups excluding carboxylic acids is 2. The molecule has 1 heterocycles. The summed E-state index contributed by atoms with van der Waals surface area (Å²) in [5, 5.41) is 2.62. The van der Waals surface area contributed by atoms with Crippen molar-refractivity contribution in [2.75, 3.05) is 26.3 Å². The summed E-state index contributed by atoms with van der Waals surface area (Å²) in [6.07, 6.45) is 0. The van der Waals surface area contributed by atoms with Gasteiger partial charge in [0.15, 0.2) is 11.6 Å². The normalized spacial score (nSPS) is 16.3. The Morgan fingerprint density at radius 2 is 1.83 bits per heavy atom. The number of nitrogens with zero attached hydrogens (tertiary/aromatic N) is 1. The Balaban J connectivity index is 2.10. The van der Waals surface area contributed by atoms with Crippen molar-refractivity contribution in [3.8, 4) is 0 Å². The van der Waals surface area contributed by atoms with E-state index < -0.39 is 23.6 Å². The van der Waals surface area contributed by atoms with Crippen molar-refractivity contribution in [2.24, 2.45) is 5.92 Å². The van der Waals surface area contributed by atoms with Crippen molar-refractivity contribution < 1.29 is 23.1 Å². The lowest BCUT2D eigenvalue weighted by Gasteiger charge is -2.32. The molecule has 0 spiro atoms. The van der Waals surface area contributed by atoms with Crippen molar-refractivity contribution in [1.29, 1.82) is 0 Å². The minimum absolute atomic E-state index is 0.0238. The molecule has 0 unspecified atom stereocenters. The minimum atomic E-state index is -1.10. The highest BCUT2D eigenvalue weighted by Gasteiger charge is 2.30. The van der Waals surface area contributed by atoms with E-state index in [9.17, 15) is 18.4 Å². The molecule has 0 saturated carbocycles. The number of rotatable bonds is 4. The fourth-order valence-electron chi connectivity index (χ4n) is 2.36. The van der Waals surface area contributed by atoms with E-state index in [-0.39, 0.29) is 17.4 Å². The summed E-state index contributed by atoms with van der Waals surface area (Å²) in [5.74, 6) is -3.06. The average Bonchev–Trinajstić information content (AvgIpc) is 2.54. The number of morpholine rings is 1. The first-order valence-electron chi connectivity index (χ1n) is 7.52. The van der Waals surface area contributed by atoms with Gasteiger partial charge in [-0.25, -0.2) is 8.78 Å². The minimum Gasteiger partial charge on any atom is -0.378 e. The van der Waals surface area contributed by atoms with Crippen LogP contribution in [-0.2, 0) is 9.53 Å². The summed E-state index contributed by atoms with van der Waals surface area (Å²) in [5.41, 5.74) is -0.0238. The lowest BCUT2D eigenvalue weighted by molar-refractivity contribution is -0.138. The van der Waals surface area contributed by atoms with Gasteiger partial charge >= 0.3 is 0 Å². The van der Waals surface area contributed by atoms with Crippen LogP contribution in [0.3, 0.4) is 0 Å². The van der Waals surface area contributed by atoms with Crippen molar-refractivity contribution >= 4 is 11.8 Å². The smallest absolute Gasteiger partial charge is 0.252 e. The molecule has 2 amide bonds. The maximum Gasteiger partial charge on any atom is 0.252 e. The number of halogens is 2. The van der Waals surface area contributed by atoms with Crippen LogP contribution >= 0.6 is 0 Å². The van der Waals surface area contributed by atoms with Gasteiger partial charge in [0.1, 0.15) is 6.04 Å². The molecule has 5 nitrogen and oxygen atoms in total. The Morgan fingerprint density at radius 1 is 1.17 bits per heavy atom. The SMILES string of the molecule is CC(C)[C@H](NC(=O)c1ccc(F)c(F)c1)C(=O)N1CCOCC1. The van der Waals surface area contributed by atoms with E-state index in [0.717, 1.165) is 12.1 Å². The summed E-state index contributed by atoms with van der Waals surface area (Å²) in [6.45, 7) is 5.51. The summed E-state index contributed by atoms with van der Waals surface area (Å²) in [4.78, 5) is 26.4. The molecule has 1 saturated heterocycles. The van der Waals surface area contributed by atoms with Gasteiger partial charge in [-0.3, -0.25) is 9.59 Å². The van der Waals surface area contributed by atoms with Crippen molar-refractivity contribution in [1.82, 2.24) is 10.2 Å². The van der Waals surface area contributed by atoms with E-state index in [4.69, 9.17) is 4.74 Å². The fourth-order valence-corrected chi connectivity index (χ4v) is 2.36. The zero-order valence-electron chi connectivity index (χ0n) is 13.1. The van der Waals surface area contributed by atoms with E-state index in [0.29, 0.717) is 26.3 Å². The second kappa shape index (κ2) is 7.50. The standard InChI is InChI=1S/C16H20F2N2O3/c1-10(2)14(16(22)20-5-7-23-8-6-20)19-15(21)11-3-4-12(17)13(18)9-11/h3-4,9-10,14H,5-8H2,1-2H3,(H,19,21)/t14-/m0/s1. The Bertz CT molecular complexity index is 587. The number of carbonyl (C=O) groups is 2. The summed E-state index contributed by atoms with van der Waals surface area (Å²) < 4.78 is 31.4. The molecule has 1 N–H and O–H groups in total. The molecule has 126 valence electrons. The van der Waals surface area contributed by atoms with E-state index >= 15 is 0 Å². The van der Waals surface area contributed by atoms with Crippen LogP contribution in [0.4, 0.5) is 8.78 Å². The molecule has 7 heteroatoms. The van der Waals surface area contributed by atoms with Gasteiger partial charge in [0.2, 0.25) is 5.91 Å². The number of hydrogen-bond acceptors (Lipinski definition) is 3. The fraction of sp³-hybridized carbons (Fsp3) is 0.500. The molecule has 1 aromatic rings. The summed E-state index contributed by atoms with van der Waals surface area (Å²) >= 11 is 0. The monoisotopic (exact) mass is 326 g/mol. The highest BCUT2D eigenvalue weighted by molar-refractivity contribution is 5.97. The van der Waals surface area contributed by atoms with Gasteiger partial charge in [-0.15, -0.1) is 0 Å². The van der Waals surface area contributed by atoms with E-state index in [1.807, 2.05) is 13.8 Å². The average molecular weight is 326 g/mol. The zero-order valence-corrected chi connectivity index (χ0v) is 13.1. The molecule has 0 aliphatic carbocycles. The number of ether oxygens (including phenoxy) is 1. The van der Waals surface area contributed by atoms with Crippen LogP contribution in [0.15, 0.2) is 18.2 Å². The van der Waals surface area contributed by atoms with Crippen LogP contribution in [0.1, 0.15) is 24.2 Å². The molecule has 1 fully saturated rings. The first kappa shape index (κ1) is 17.3. The van der Waals surface area contributed by atoms with Gasteiger partial charge in [-0.2, -0.15) is 0 Å². The predicted octanol–water partition coefficient (Wildman–Crippen LogP) is 1.58. The predicted molar refractivity (Wildman–Crippen MR) is 79.8 cm³/mol. The highest BCUT2D eigenvalue weighted by atomic mass is 19.2. The van der Waals surface area contributed by atoms with Gasteiger partial charge in [0, 0.05) is 18.7 Å². The van der Waals surface area contributed by atoms with Gasteiger partial charge in [-0.1, -0.05) is 13.8 Å². The molecule has 1 aliphatic rings. The topological polar surface area (TPSA) is 58.6 Å². The Kier molecular flexibility index (Phi) is 5.65. The lowest BCUT2D eigenvalue weighted by Crippen LogP contribution is -2.53. The lowest BCUT2D eigenvalue weighted by atomic mass is 10.0. The Hall–Kier alpha value is -2.02. The second-order valence-corrected chi connectivity index (χ2v) is 5.76. The Labute approximate surface area is 133 Å². The maximum absolute atomic E-state index is 13.2. The van der Waals surface area contributed by atoms with Gasteiger partial charge in [0.05, 0.1) is 13.2 Å². The van der Waals surface area contributed by atoms with Crippen LogP contribution in [-0.4, -0.2) is 49.1 Å². The van der Waals surface area contributed by atoms with Crippen LogP contribution in [0.2, 0.25) is 0 Å². The third-order valence-electron chi connectivity index (χ3n) is 3.72. The summed E-state index contributed by atoms with van der Waals surface area (Å²) in [6, 6.07) is 2.16. The third-order valence-corrected chi connectivity index (χ3v) is 3.72. The number of hydrogen-bond donors (Lipinski definition) is 1. The van der Waals surface area contributed by atoms with Crippen LogP contribution in [0, 0.1) is 17.6 Å². The zero-order chi connectivity index (χ0) is 17.0. The van der Waals surface area contributed by atoms with Gasteiger partial charge in [0.25, 0.3) is 5.91 Å². The van der Waals surface area contributed by atoms with Crippen LogP contribution < -0.4 is 5.32 Å². The molecule has 23 heavy (non-hydrogen) atoms. The molecule has 0 aromatic heterocycles. The Morgan fingerprint density at radius 3 is 2.39 bits per heavy atom. The van der Waals surface area contributed by atoms with Crippen LogP contribution in [0.5, 0.6) is 0 Å². The molecule has 0 bridgehead atoms. The molecule has 0 radical (unpaired) electrons. The number of benzene rings is 1. The van der Waals surface area contributed by atoms with Crippen molar-refractivity contribution in [3.63, 3.8) is 0 Å². The number of nitrogens with one attached hydrogen (secondary N) is 1. The first-order chi connectivity index (χ1) is 10.9. The molecule has 1 atom stereocenters. The molecule has 1 aliphatic heterocycles. The van der Waals surface area contributed by atoms with Crippen LogP contribution in [0.25, 0.3) is 0 Å². The summed E-state index contributed by atoms with van der Waals surface area (Å²) in [7, 11) is 0. The maximum atomic E-state index is 13.2. The molecule has 2 rings (SSSR count). The van der Waals surface area contributed by atoms with Crippen molar-refractivity contribution in [2.45, 2.75) is 19.9 Å². The van der Waals surface area contributed by atoms with Gasteiger partial charge in [-0.05, 0) is 24.1 Å². The largest absolute Gasteiger partial charge is 0.378 e. The number of amides is 2. The molecule has 1 aromatic carbocycles. The van der Waals surface area contributed by atoms with E-state index in [1.165, 1.54) is 6.07 Å². The quantitative estimate of drug-likeness (QED) is 0.914. The highest BCUT2D eigenvalue weighted by Crippen LogP contribution is 2.12. The second-order valence-electron chi connectivity index (χ2n) is 5.76. The molecular formula is C16H20F2N2O3.